The monoisotopic (exact) mass is 280 g/mol. The van der Waals surface area contributed by atoms with Gasteiger partial charge in [0, 0.05) is 16.5 Å². The second kappa shape index (κ2) is 6.24. The first-order valence-corrected chi connectivity index (χ1v) is 6.56. The molecule has 1 unspecified atom stereocenters. The quantitative estimate of drug-likeness (QED) is 0.893. The molecule has 1 atom stereocenters. The minimum Gasteiger partial charge on any atom is -0.392 e. The maximum Gasteiger partial charge on any atom is 0.0621 e. The summed E-state index contributed by atoms with van der Waals surface area (Å²) in [6.45, 7) is 0. The Bertz CT molecular complexity index is 525. The third-order valence-corrected chi connectivity index (χ3v) is 3.38. The summed E-state index contributed by atoms with van der Waals surface area (Å²) in [5.41, 5.74) is 2.00. The Kier molecular flexibility index (Phi) is 4.65. The fraction of sp³-hybridized carbons (Fsp3) is 0.200. The van der Waals surface area contributed by atoms with E-state index in [9.17, 15) is 5.11 Å². The number of benzene rings is 2. The first kappa shape index (κ1) is 13.4. The summed E-state index contributed by atoms with van der Waals surface area (Å²) in [6.07, 6.45) is 0.668. The predicted molar refractivity (Wildman–Crippen MR) is 76.3 cm³/mol. The van der Waals surface area contributed by atoms with Gasteiger partial charge in [-0.25, -0.2) is 0 Å². The molecule has 18 heavy (non-hydrogen) atoms. The highest BCUT2D eigenvalue weighted by molar-refractivity contribution is 6.31. The Morgan fingerprint density at radius 3 is 2.44 bits per heavy atom. The molecule has 0 bridgehead atoms. The molecule has 0 aliphatic rings. The fourth-order valence-electron chi connectivity index (χ4n) is 1.93. The highest BCUT2D eigenvalue weighted by atomic mass is 35.5. The van der Waals surface area contributed by atoms with Gasteiger partial charge in [-0.15, -0.1) is 0 Å². The zero-order valence-electron chi connectivity index (χ0n) is 9.81. The highest BCUT2D eigenvalue weighted by Crippen LogP contribution is 2.19. The molecule has 0 amide bonds. The van der Waals surface area contributed by atoms with E-state index in [4.69, 9.17) is 23.2 Å². The third-order valence-electron chi connectivity index (χ3n) is 2.77. The summed E-state index contributed by atoms with van der Waals surface area (Å²) in [4.78, 5) is 0. The molecule has 94 valence electrons. The van der Waals surface area contributed by atoms with Gasteiger partial charge in [0.15, 0.2) is 0 Å². The number of hydrogen-bond donors (Lipinski definition) is 1. The van der Waals surface area contributed by atoms with E-state index >= 15 is 0 Å². The molecule has 0 aliphatic carbocycles. The van der Waals surface area contributed by atoms with Gasteiger partial charge >= 0.3 is 0 Å². The maximum absolute atomic E-state index is 10.1. The lowest BCUT2D eigenvalue weighted by molar-refractivity contribution is 0.175. The standard InChI is InChI=1S/C15H14Cl2O/c16-13-6-3-4-11(8-13)9-14(18)10-12-5-1-2-7-15(12)17/h1-8,14,18H,9-10H2. The van der Waals surface area contributed by atoms with Crippen LogP contribution in [0.3, 0.4) is 0 Å². The minimum atomic E-state index is -0.455. The lowest BCUT2D eigenvalue weighted by Gasteiger charge is -2.12. The SMILES string of the molecule is OC(Cc1cccc(Cl)c1)Cc1ccccc1Cl. The Balaban J connectivity index is 2.01. The van der Waals surface area contributed by atoms with Crippen LogP contribution in [0.2, 0.25) is 10.0 Å². The van der Waals surface area contributed by atoms with Crippen LogP contribution in [0, 0.1) is 0 Å². The van der Waals surface area contributed by atoms with Crippen LogP contribution in [-0.2, 0) is 12.8 Å². The zero-order chi connectivity index (χ0) is 13.0. The van der Waals surface area contributed by atoms with E-state index in [0.29, 0.717) is 22.9 Å². The summed E-state index contributed by atoms with van der Waals surface area (Å²) in [5.74, 6) is 0. The lowest BCUT2D eigenvalue weighted by Crippen LogP contribution is -2.14. The number of aliphatic hydroxyl groups excluding tert-OH is 1. The summed E-state index contributed by atoms with van der Waals surface area (Å²) in [6, 6.07) is 15.1. The van der Waals surface area contributed by atoms with E-state index in [2.05, 4.69) is 0 Å². The van der Waals surface area contributed by atoms with Crippen molar-refractivity contribution in [3.05, 3.63) is 69.7 Å². The number of hydrogen-bond acceptors (Lipinski definition) is 1. The molecule has 0 aromatic heterocycles. The van der Waals surface area contributed by atoms with Crippen LogP contribution >= 0.6 is 23.2 Å². The van der Waals surface area contributed by atoms with Gasteiger partial charge in [0.2, 0.25) is 0 Å². The average Bonchev–Trinajstić information content (AvgIpc) is 2.32. The van der Waals surface area contributed by atoms with Crippen molar-refractivity contribution in [1.29, 1.82) is 0 Å². The van der Waals surface area contributed by atoms with Gasteiger partial charge in [0.05, 0.1) is 6.10 Å². The second-order valence-electron chi connectivity index (χ2n) is 4.28. The molecule has 2 rings (SSSR count). The Hall–Kier alpha value is -1.02. The maximum atomic E-state index is 10.1. The van der Waals surface area contributed by atoms with E-state index in [0.717, 1.165) is 11.1 Å². The third kappa shape index (κ3) is 3.74. The zero-order valence-corrected chi connectivity index (χ0v) is 11.3. The summed E-state index contributed by atoms with van der Waals surface area (Å²) < 4.78 is 0. The van der Waals surface area contributed by atoms with Crippen LogP contribution in [-0.4, -0.2) is 11.2 Å². The molecule has 2 aromatic rings. The van der Waals surface area contributed by atoms with Gasteiger partial charge in [-0.2, -0.15) is 0 Å². The van der Waals surface area contributed by atoms with Crippen LogP contribution in [0.5, 0.6) is 0 Å². The fourth-order valence-corrected chi connectivity index (χ4v) is 2.35. The molecule has 0 radical (unpaired) electrons. The minimum absolute atomic E-state index is 0.455. The average molecular weight is 281 g/mol. The second-order valence-corrected chi connectivity index (χ2v) is 5.13. The van der Waals surface area contributed by atoms with E-state index in [-0.39, 0.29) is 0 Å². The number of aliphatic hydroxyl groups is 1. The molecule has 1 N–H and O–H groups in total. The topological polar surface area (TPSA) is 20.2 Å². The molecule has 3 heteroatoms. The first-order chi connectivity index (χ1) is 8.65. The van der Waals surface area contributed by atoms with E-state index in [1.165, 1.54) is 0 Å². The van der Waals surface area contributed by atoms with E-state index in [1.807, 2.05) is 48.5 Å². The highest BCUT2D eigenvalue weighted by Gasteiger charge is 2.09. The van der Waals surface area contributed by atoms with E-state index < -0.39 is 6.10 Å². The van der Waals surface area contributed by atoms with Crippen molar-refractivity contribution in [2.45, 2.75) is 18.9 Å². The van der Waals surface area contributed by atoms with Gasteiger partial charge in [-0.3, -0.25) is 0 Å². The molecule has 0 spiro atoms. The van der Waals surface area contributed by atoms with Crippen LogP contribution in [0.25, 0.3) is 0 Å². The number of rotatable bonds is 4. The first-order valence-electron chi connectivity index (χ1n) is 5.81. The van der Waals surface area contributed by atoms with Crippen molar-refractivity contribution in [2.24, 2.45) is 0 Å². The van der Waals surface area contributed by atoms with Gasteiger partial charge in [0.25, 0.3) is 0 Å². The van der Waals surface area contributed by atoms with Gasteiger partial charge in [-0.05, 0) is 35.7 Å². The molecule has 0 fully saturated rings. The number of halogens is 2. The summed E-state index contributed by atoms with van der Waals surface area (Å²) in [7, 11) is 0. The van der Waals surface area contributed by atoms with Crippen molar-refractivity contribution >= 4 is 23.2 Å². The Labute approximate surface area is 117 Å². The molecule has 1 nitrogen and oxygen atoms in total. The van der Waals surface area contributed by atoms with Crippen LogP contribution < -0.4 is 0 Å². The molecular weight excluding hydrogens is 267 g/mol. The van der Waals surface area contributed by atoms with Crippen LogP contribution in [0.15, 0.2) is 48.5 Å². The van der Waals surface area contributed by atoms with Crippen LogP contribution in [0.1, 0.15) is 11.1 Å². The smallest absolute Gasteiger partial charge is 0.0621 e. The molecular formula is C15H14Cl2O. The van der Waals surface area contributed by atoms with Crippen molar-refractivity contribution in [1.82, 2.24) is 0 Å². The largest absolute Gasteiger partial charge is 0.392 e. The molecule has 0 heterocycles. The summed E-state index contributed by atoms with van der Waals surface area (Å²) >= 11 is 12.0. The lowest BCUT2D eigenvalue weighted by atomic mass is 10.0. The molecule has 0 aliphatic heterocycles. The normalized spacial score (nSPS) is 12.4. The van der Waals surface area contributed by atoms with Crippen molar-refractivity contribution in [3.63, 3.8) is 0 Å². The van der Waals surface area contributed by atoms with Gasteiger partial charge < -0.3 is 5.11 Å². The Morgan fingerprint density at radius 1 is 0.944 bits per heavy atom. The van der Waals surface area contributed by atoms with Crippen LogP contribution in [0.4, 0.5) is 0 Å². The molecule has 0 saturated carbocycles. The molecule has 2 aromatic carbocycles. The van der Waals surface area contributed by atoms with Crippen molar-refractivity contribution in [2.75, 3.05) is 0 Å². The van der Waals surface area contributed by atoms with Crippen molar-refractivity contribution < 1.29 is 5.11 Å². The summed E-state index contributed by atoms with van der Waals surface area (Å²) in [5, 5.41) is 11.5. The van der Waals surface area contributed by atoms with E-state index in [1.54, 1.807) is 0 Å². The van der Waals surface area contributed by atoms with Gasteiger partial charge in [-0.1, -0.05) is 53.5 Å². The van der Waals surface area contributed by atoms with Gasteiger partial charge in [0.1, 0.15) is 0 Å². The molecule has 0 saturated heterocycles. The van der Waals surface area contributed by atoms with Crippen molar-refractivity contribution in [3.8, 4) is 0 Å². The Morgan fingerprint density at radius 2 is 1.72 bits per heavy atom. The predicted octanol–water partition coefficient (Wildman–Crippen LogP) is 4.14.